The first-order valence-corrected chi connectivity index (χ1v) is 10.6. The number of ether oxygens (including phenoxy) is 1. The van der Waals surface area contributed by atoms with Crippen molar-refractivity contribution < 1.29 is 24.6 Å². The van der Waals surface area contributed by atoms with Crippen LogP contribution < -0.4 is 15.4 Å². The van der Waals surface area contributed by atoms with E-state index in [1.807, 2.05) is 13.0 Å². The molecule has 3 rings (SSSR count). The number of aliphatic hydroxyl groups is 1. The average Bonchev–Trinajstić information content (AvgIpc) is 3.52. The molecule has 0 radical (unpaired) electrons. The largest absolute Gasteiger partial charge is 0.492 e. The Morgan fingerprint density at radius 2 is 2.10 bits per heavy atom. The van der Waals surface area contributed by atoms with Crippen molar-refractivity contribution in [2.45, 2.75) is 51.6 Å². The molecule has 0 saturated heterocycles. The first-order valence-electron chi connectivity index (χ1n) is 10.6. The van der Waals surface area contributed by atoms with Crippen molar-refractivity contribution in [3.8, 4) is 0 Å². The van der Waals surface area contributed by atoms with Crippen molar-refractivity contribution in [1.29, 1.82) is 5.41 Å². The Hall–Kier alpha value is -3.13. The van der Waals surface area contributed by atoms with Crippen LogP contribution in [0.25, 0.3) is 0 Å². The third-order valence-electron chi connectivity index (χ3n) is 5.06. The summed E-state index contributed by atoms with van der Waals surface area (Å²) in [6.45, 7) is 6.22. The summed E-state index contributed by atoms with van der Waals surface area (Å²) in [6.07, 6.45) is 7.45. The summed E-state index contributed by atoms with van der Waals surface area (Å²) in [5.74, 6) is 0.206. The van der Waals surface area contributed by atoms with Gasteiger partial charge in [-0.2, -0.15) is 0 Å². The fourth-order valence-corrected chi connectivity index (χ4v) is 3.21. The second-order valence-corrected chi connectivity index (χ2v) is 8.41. The molecule has 8 heteroatoms. The van der Waals surface area contributed by atoms with Crippen LogP contribution in [0.15, 0.2) is 53.6 Å². The van der Waals surface area contributed by atoms with Gasteiger partial charge in [-0.15, -0.1) is 0 Å². The Morgan fingerprint density at radius 3 is 2.74 bits per heavy atom. The summed E-state index contributed by atoms with van der Waals surface area (Å²) in [6, 6.07) is 5.14. The molecule has 1 amide bonds. The van der Waals surface area contributed by atoms with Gasteiger partial charge in [0.05, 0.1) is 23.6 Å². The van der Waals surface area contributed by atoms with Gasteiger partial charge in [0.1, 0.15) is 5.76 Å². The molecule has 0 atom stereocenters. The SMILES string of the molecule is CCOC1=CC(=N)/C(=C\NCCC(C)(C)O)C=C1NC(=O)c1cccc(C2CC2)[n+]1O. The van der Waals surface area contributed by atoms with Crippen molar-refractivity contribution in [2.24, 2.45) is 0 Å². The highest BCUT2D eigenvalue weighted by molar-refractivity contribution is 6.10. The predicted octanol–water partition coefficient (Wildman–Crippen LogP) is 2.29. The van der Waals surface area contributed by atoms with Gasteiger partial charge in [0.25, 0.3) is 0 Å². The lowest BCUT2D eigenvalue weighted by Gasteiger charge is -2.19. The molecular formula is C23H31N4O4+. The molecule has 1 aromatic heterocycles. The maximum absolute atomic E-state index is 12.9. The normalized spacial score (nSPS) is 17.8. The van der Waals surface area contributed by atoms with Crippen molar-refractivity contribution in [3.05, 3.63) is 65.0 Å². The Morgan fingerprint density at radius 1 is 1.35 bits per heavy atom. The highest BCUT2D eigenvalue weighted by atomic mass is 16.5. The maximum Gasteiger partial charge on any atom is 0.325 e. The van der Waals surface area contributed by atoms with E-state index in [0.717, 1.165) is 23.3 Å². The van der Waals surface area contributed by atoms with Crippen LogP contribution in [-0.2, 0) is 4.74 Å². The molecule has 0 spiro atoms. The van der Waals surface area contributed by atoms with Gasteiger partial charge in [-0.3, -0.25) is 10.0 Å². The van der Waals surface area contributed by atoms with E-state index in [0.29, 0.717) is 36.6 Å². The molecule has 166 valence electrons. The first-order chi connectivity index (χ1) is 14.7. The van der Waals surface area contributed by atoms with Gasteiger partial charge in [0.2, 0.25) is 5.69 Å². The van der Waals surface area contributed by atoms with Gasteiger partial charge in [0, 0.05) is 47.2 Å². The number of nitrogens with one attached hydrogen (secondary N) is 3. The van der Waals surface area contributed by atoms with Crippen LogP contribution >= 0.6 is 0 Å². The monoisotopic (exact) mass is 427 g/mol. The van der Waals surface area contributed by atoms with Crippen molar-refractivity contribution >= 4 is 11.6 Å². The van der Waals surface area contributed by atoms with Crippen LogP contribution in [-0.4, -0.2) is 40.7 Å². The summed E-state index contributed by atoms with van der Waals surface area (Å²) < 4.78 is 6.57. The molecule has 0 aromatic carbocycles. The average molecular weight is 428 g/mol. The number of carbonyl (C=O) groups is 1. The van der Waals surface area contributed by atoms with E-state index in [1.165, 1.54) is 0 Å². The fourth-order valence-electron chi connectivity index (χ4n) is 3.21. The second kappa shape index (κ2) is 9.34. The number of amides is 1. The molecule has 5 N–H and O–H groups in total. The number of nitrogens with zero attached hydrogens (tertiary/aromatic N) is 1. The number of carbonyl (C=O) groups excluding carboxylic acids is 1. The number of pyridine rings is 1. The minimum absolute atomic E-state index is 0.135. The zero-order chi connectivity index (χ0) is 22.6. The van der Waals surface area contributed by atoms with E-state index >= 15 is 0 Å². The number of rotatable bonds is 9. The summed E-state index contributed by atoms with van der Waals surface area (Å²) in [5, 5.41) is 34.5. The number of aromatic nitrogens is 1. The topological polar surface area (TPSA) is 119 Å². The molecule has 31 heavy (non-hydrogen) atoms. The van der Waals surface area contributed by atoms with Gasteiger partial charge >= 0.3 is 11.6 Å². The Bertz CT molecular complexity index is 953. The van der Waals surface area contributed by atoms with E-state index < -0.39 is 11.5 Å². The summed E-state index contributed by atoms with van der Waals surface area (Å²) in [4.78, 5) is 12.9. The summed E-state index contributed by atoms with van der Waals surface area (Å²) in [5.41, 5.74) is 1.30. The summed E-state index contributed by atoms with van der Waals surface area (Å²) in [7, 11) is 0. The predicted molar refractivity (Wildman–Crippen MR) is 116 cm³/mol. The van der Waals surface area contributed by atoms with E-state index in [1.54, 1.807) is 44.3 Å². The molecule has 8 nitrogen and oxygen atoms in total. The third-order valence-corrected chi connectivity index (χ3v) is 5.06. The molecule has 2 aliphatic rings. The van der Waals surface area contributed by atoms with E-state index in [9.17, 15) is 15.1 Å². The van der Waals surface area contributed by atoms with Crippen molar-refractivity contribution in [2.75, 3.05) is 13.2 Å². The highest BCUT2D eigenvalue weighted by Crippen LogP contribution is 2.38. The Labute approximate surface area is 182 Å². The van der Waals surface area contributed by atoms with Gasteiger partial charge in [-0.05, 0) is 52.2 Å². The first kappa shape index (κ1) is 22.6. The van der Waals surface area contributed by atoms with Crippen LogP contribution in [0.3, 0.4) is 0 Å². The lowest BCUT2D eigenvalue weighted by molar-refractivity contribution is -0.910. The van der Waals surface area contributed by atoms with Crippen LogP contribution in [0.4, 0.5) is 0 Å². The molecule has 1 heterocycles. The quantitative estimate of drug-likeness (QED) is 0.235. The lowest BCUT2D eigenvalue weighted by atomic mass is 10.0. The zero-order valence-corrected chi connectivity index (χ0v) is 18.2. The molecule has 0 unspecified atom stereocenters. The number of hydrogen-bond acceptors (Lipinski definition) is 6. The Balaban J connectivity index is 1.79. The molecule has 2 aliphatic carbocycles. The molecule has 0 aliphatic heterocycles. The van der Waals surface area contributed by atoms with Crippen LogP contribution in [0.2, 0.25) is 0 Å². The maximum atomic E-state index is 12.9. The second-order valence-electron chi connectivity index (χ2n) is 8.41. The minimum atomic E-state index is -0.780. The van der Waals surface area contributed by atoms with Crippen molar-refractivity contribution in [1.82, 2.24) is 10.6 Å². The van der Waals surface area contributed by atoms with Crippen LogP contribution in [0.5, 0.6) is 0 Å². The van der Waals surface area contributed by atoms with Crippen molar-refractivity contribution in [3.63, 3.8) is 0 Å². The summed E-state index contributed by atoms with van der Waals surface area (Å²) >= 11 is 0. The smallest absolute Gasteiger partial charge is 0.325 e. The number of hydrogen-bond donors (Lipinski definition) is 5. The van der Waals surface area contributed by atoms with E-state index in [-0.39, 0.29) is 17.3 Å². The van der Waals surface area contributed by atoms with Crippen LogP contribution in [0.1, 0.15) is 62.1 Å². The minimum Gasteiger partial charge on any atom is -0.492 e. The third kappa shape index (κ3) is 5.95. The highest BCUT2D eigenvalue weighted by Gasteiger charge is 2.36. The standard InChI is InChI=1S/C23H30N4O4/c1-4-31-21-13-17(24)16(14-25-11-10-23(2,3)29)12-18(21)26-22(28)20-7-5-6-19(27(20)30)15-8-9-15/h5-7,12-15,24,28-30H,4,8-11H2,1-3H3/p+1. The van der Waals surface area contributed by atoms with E-state index in [2.05, 4.69) is 10.6 Å². The molecule has 1 saturated carbocycles. The molecule has 1 aromatic rings. The van der Waals surface area contributed by atoms with Gasteiger partial charge < -0.3 is 25.9 Å². The number of allylic oxidation sites excluding steroid dienone is 3. The lowest BCUT2D eigenvalue weighted by Crippen LogP contribution is -2.45. The Kier molecular flexibility index (Phi) is 6.80. The molecular weight excluding hydrogens is 396 g/mol. The van der Waals surface area contributed by atoms with Gasteiger partial charge in [-0.25, -0.2) is 0 Å². The molecule has 1 fully saturated rings. The molecule has 0 bridgehead atoms. The zero-order valence-electron chi connectivity index (χ0n) is 18.2. The van der Waals surface area contributed by atoms with Crippen LogP contribution in [0, 0.1) is 5.41 Å². The van der Waals surface area contributed by atoms with Gasteiger partial charge in [0.15, 0.2) is 0 Å². The van der Waals surface area contributed by atoms with Gasteiger partial charge in [-0.1, -0.05) is 0 Å². The fraction of sp³-hybridized carbons (Fsp3) is 0.435. The van der Waals surface area contributed by atoms with E-state index in [4.69, 9.17) is 10.1 Å².